The van der Waals surface area contributed by atoms with Gasteiger partial charge in [0.1, 0.15) is 0 Å². The number of nitrogens with zero attached hydrogens (tertiary/aromatic N) is 1. The van der Waals surface area contributed by atoms with Crippen molar-refractivity contribution in [2.75, 3.05) is 32.9 Å². The van der Waals surface area contributed by atoms with Crippen LogP contribution < -0.4 is 0 Å². The molecule has 124 valence electrons. The van der Waals surface area contributed by atoms with Gasteiger partial charge in [-0.2, -0.15) is 0 Å². The van der Waals surface area contributed by atoms with E-state index in [0.29, 0.717) is 13.0 Å². The van der Waals surface area contributed by atoms with E-state index in [9.17, 15) is 4.79 Å². The zero-order valence-corrected chi connectivity index (χ0v) is 14.2. The van der Waals surface area contributed by atoms with E-state index < -0.39 is 0 Å². The summed E-state index contributed by atoms with van der Waals surface area (Å²) in [5.41, 5.74) is -0.0811. The lowest BCUT2D eigenvalue weighted by Crippen LogP contribution is -2.52. The topological polar surface area (TPSA) is 38.8 Å². The SMILES string of the molecule is CCCCCCCC(C)(CC(=O)OCC)N1CCOCC1. The molecule has 4 nitrogen and oxygen atoms in total. The third-order valence-electron chi connectivity index (χ3n) is 4.42. The van der Waals surface area contributed by atoms with Gasteiger partial charge in [-0.25, -0.2) is 0 Å². The highest BCUT2D eigenvalue weighted by atomic mass is 16.5. The van der Waals surface area contributed by atoms with E-state index in [1.54, 1.807) is 0 Å². The first-order chi connectivity index (χ1) is 10.1. The van der Waals surface area contributed by atoms with Gasteiger partial charge >= 0.3 is 5.97 Å². The summed E-state index contributed by atoms with van der Waals surface area (Å²) < 4.78 is 10.6. The molecule has 0 saturated carbocycles. The highest BCUT2D eigenvalue weighted by molar-refractivity contribution is 5.70. The molecule has 0 aromatic carbocycles. The monoisotopic (exact) mass is 299 g/mol. The Bertz CT molecular complexity index is 290. The Balaban J connectivity index is 2.52. The number of hydrogen-bond donors (Lipinski definition) is 0. The van der Waals surface area contributed by atoms with Crippen LogP contribution in [0.4, 0.5) is 0 Å². The molecule has 1 atom stereocenters. The highest BCUT2D eigenvalue weighted by Gasteiger charge is 2.35. The average Bonchev–Trinajstić information content (AvgIpc) is 2.48. The molecule has 0 aromatic heterocycles. The van der Waals surface area contributed by atoms with Crippen LogP contribution in [0.3, 0.4) is 0 Å². The predicted molar refractivity (Wildman–Crippen MR) is 85.4 cm³/mol. The van der Waals surface area contributed by atoms with Crippen LogP contribution in [0, 0.1) is 0 Å². The fourth-order valence-electron chi connectivity index (χ4n) is 3.09. The molecule has 0 bridgehead atoms. The van der Waals surface area contributed by atoms with Gasteiger partial charge in [0.15, 0.2) is 0 Å². The van der Waals surface area contributed by atoms with Gasteiger partial charge in [-0.15, -0.1) is 0 Å². The first kappa shape index (κ1) is 18.4. The summed E-state index contributed by atoms with van der Waals surface area (Å²) in [5.74, 6) is -0.0694. The van der Waals surface area contributed by atoms with Crippen molar-refractivity contribution in [1.29, 1.82) is 0 Å². The van der Waals surface area contributed by atoms with Crippen LogP contribution in [-0.4, -0.2) is 49.3 Å². The summed E-state index contributed by atoms with van der Waals surface area (Å²) in [6.45, 7) is 10.2. The summed E-state index contributed by atoms with van der Waals surface area (Å²) in [4.78, 5) is 14.4. The van der Waals surface area contributed by atoms with Crippen LogP contribution in [0.2, 0.25) is 0 Å². The number of rotatable bonds is 10. The number of carbonyl (C=O) groups excluding carboxylic acids is 1. The molecule has 1 saturated heterocycles. The summed E-state index contributed by atoms with van der Waals surface area (Å²) in [6, 6.07) is 0. The Kier molecular flexibility index (Phi) is 8.93. The van der Waals surface area contributed by atoms with E-state index in [1.165, 1.54) is 32.1 Å². The smallest absolute Gasteiger partial charge is 0.307 e. The van der Waals surface area contributed by atoms with Crippen molar-refractivity contribution in [2.45, 2.75) is 71.3 Å². The Labute approximate surface area is 130 Å². The number of carbonyl (C=O) groups is 1. The average molecular weight is 299 g/mol. The largest absolute Gasteiger partial charge is 0.466 e. The number of esters is 1. The number of morpholine rings is 1. The third-order valence-corrected chi connectivity index (χ3v) is 4.42. The van der Waals surface area contributed by atoms with Crippen LogP contribution in [0.5, 0.6) is 0 Å². The lowest BCUT2D eigenvalue weighted by molar-refractivity contribution is -0.147. The molecule has 1 heterocycles. The van der Waals surface area contributed by atoms with E-state index in [2.05, 4.69) is 18.7 Å². The quantitative estimate of drug-likeness (QED) is 0.458. The second-order valence-corrected chi connectivity index (χ2v) is 6.24. The summed E-state index contributed by atoms with van der Waals surface area (Å²) in [6.07, 6.45) is 7.89. The third kappa shape index (κ3) is 6.79. The van der Waals surface area contributed by atoms with Gasteiger partial charge in [0.25, 0.3) is 0 Å². The Morgan fingerprint density at radius 1 is 1.14 bits per heavy atom. The fourth-order valence-corrected chi connectivity index (χ4v) is 3.09. The van der Waals surface area contributed by atoms with Crippen molar-refractivity contribution >= 4 is 5.97 Å². The molecule has 4 heteroatoms. The molecule has 0 amide bonds. The standard InChI is InChI=1S/C17H33NO3/c1-4-6-7-8-9-10-17(3,15-16(19)21-5-2)18-11-13-20-14-12-18/h4-15H2,1-3H3. The van der Waals surface area contributed by atoms with E-state index in [0.717, 1.165) is 32.7 Å². The molecule has 1 aliphatic heterocycles. The number of hydrogen-bond acceptors (Lipinski definition) is 4. The highest BCUT2D eigenvalue weighted by Crippen LogP contribution is 2.28. The maximum atomic E-state index is 12.0. The molecule has 0 radical (unpaired) electrons. The molecule has 0 spiro atoms. The van der Waals surface area contributed by atoms with Crippen LogP contribution in [0.1, 0.15) is 65.7 Å². The second-order valence-electron chi connectivity index (χ2n) is 6.24. The van der Waals surface area contributed by atoms with Gasteiger partial charge in [-0.05, 0) is 20.3 Å². The zero-order chi connectivity index (χ0) is 15.6. The van der Waals surface area contributed by atoms with Crippen molar-refractivity contribution in [3.8, 4) is 0 Å². The van der Waals surface area contributed by atoms with Crippen molar-refractivity contribution in [2.24, 2.45) is 0 Å². The Morgan fingerprint density at radius 3 is 2.43 bits per heavy atom. The predicted octanol–water partition coefficient (Wildman–Crippen LogP) is 3.39. The zero-order valence-electron chi connectivity index (χ0n) is 14.2. The van der Waals surface area contributed by atoms with Gasteiger partial charge < -0.3 is 9.47 Å². The lowest BCUT2D eigenvalue weighted by atomic mass is 9.88. The normalized spacial score (nSPS) is 19.2. The molecule has 1 aliphatic rings. The molecular formula is C17H33NO3. The minimum atomic E-state index is -0.0811. The van der Waals surface area contributed by atoms with Gasteiger partial charge in [-0.1, -0.05) is 39.0 Å². The Morgan fingerprint density at radius 2 is 1.81 bits per heavy atom. The van der Waals surface area contributed by atoms with Crippen LogP contribution in [-0.2, 0) is 14.3 Å². The molecule has 21 heavy (non-hydrogen) atoms. The molecule has 0 aliphatic carbocycles. The molecule has 0 aromatic rings. The van der Waals surface area contributed by atoms with Crippen LogP contribution >= 0.6 is 0 Å². The molecule has 1 unspecified atom stereocenters. The number of unbranched alkanes of at least 4 members (excludes halogenated alkanes) is 4. The Hall–Kier alpha value is -0.610. The molecule has 1 fully saturated rings. The fraction of sp³-hybridized carbons (Fsp3) is 0.941. The van der Waals surface area contributed by atoms with E-state index in [-0.39, 0.29) is 11.5 Å². The van der Waals surface area contributed by atoms with Gasteiger partial charge in [0.2, 0.25) is 0 Å². The van der Waals surface area contributed by atoms with Crippen molar-refractivity contribution < 1.29 is 14.3 Å². The van der Waals surface area contributed by atoms with Gasteiger partial charge in [0, 0.05) is 18.6 Å². The molecule has 1 rings (SSSR count). The van der Waals surface area contributed by atoms with Crippen molar-refractivity contribution in [3.63, 3.8) is 0 Å². The summed E-state index contributed by atoms with van der Waals surface area (Å²) in [7, 11) is 0. The van der Waals surface area contributed by atoms with Crippen LogP contribution in [0.15, 0.2) is 0 Å². The van der Waals surface area contributed by atoms with E-state index >= 15 is 0 Å². The maximum absolute atomic E-state index is 12.0. The van der Waals surface area contributed by atoms with Crippen molar-refractivity contribution in [1.82, 2.24) is 4.90 Å². The van der Waals surface area contributed by atoms with E-state index in [1.807, 2.05) is 6.92 Å². The van der Waals surface area contributed by atoms with Gasteiger partial charge in [-0.3, -0.25) is 9.69 Å². The maximum Gasteiger partial charge on any atom is 0.307 e. The molecule has 0 N–H and O–H groups in total. The summed E-state index contributed by atoms with van der Waals surface area (Å²) in [5, 5.41) is 0. The van der Waals surface area contributed by atoms with E-state index in [4.69, 9.17) is 9.47 Å². The number of ether oxygens (including phenoxy) is 2. The summed E-state index contributed by atoms with van der Waals surface area (Å²) >= 11 is 0. The van der Waals surface area contributed by atoms with Crippen molar-refractivity contribution in [3.05, 3.63) is 0 Å². The first-order valence-corrected chi connectivity index (χ1v) is 8.61. The van der Waals surface area contributed by atoms with Gasteiger partial charge in [0.05, 0.1) is 26.2 Å². The second kappa shape index (κ2) is 10.2. The molecular weight excluding hydrogens is 266 g/mol. The lowest BCUT2D eigenvalue weighted by Gasteiger charge is -2.43. The minimum Gasteiger partial charge on any atom is -0.466 e. The minimum absolute atomic E-state index is 0.0694. The first-order valence-electron chi connectivity index (χ1n) is 8.61. The van der Waals surface area contributed by atoms with Crippen LogP contribution in [0.25, 0.3) is 0 Å².